The molecule has 0 heterocycles. The van der Waals surface area contributed by atoms with E-state index in [0.29, 0.717) is 54.0 Å². The molecule has 7 heteroatoms. The Morgan fingerprint density at radius 2 is 1.63 bits per heavy atom. The number of ether oxygens (including phenoxy) is 2. The summed E-state index contributed by atoms with van der Waals surface area (Å²) in [6.07, 6.45) is 3.75. The van der Waals surface area contributed by atoms with Crippen LogP contribution in [0, 0.1) is 5.82 Å². The fraction of sp³-hybridized carbons (Fsp3) is 0.304. The Kier molecular flexibility index (Phi) is 8.87. The maximum Gasteiger partial charge on any atom is 0.303 e. The highest BCUT2D eigenvalue weighted by molar-refractivity contribution is 6.24. The maximum absolute atomic E-state index is 13.4. The number of benzene rings is 2. The molecule has 2 N–H and O–H groups in total. The normalized spacial score (nSPS) is 11.1. The summed E-state index contributed by atoms with van der Waals surface area (Å²) in [7, 11) is 3.08. The van der Waals surface area contributed by atoms with E-state index in [2.05, 4.69) is 5.32 Å². The summed E-state index contributed by atoms with van der Waals surface area (Å²) in [6.45, 7) is 0.415. The van der Waals surface area contributed by atoms with Crippen molar-refractivity contribution in [2.75, 3.05) is 20.8 Å². The van der Waals surface area contributed by atoms with Crippen molar-refractivity contribution in [1.82, 2.24) is 5.32 Å². The quantitative estimate of drug-likeness (QED) is 0.327. The van der Waals surface area contributed by atoms with Crippen LogP contribution >= 0.6 is 0 Å². The van der Waals surface area contributed by atoms with Crippen molar-refractivity contribution >= 4 is 23.5 Å². The molecule has 2 rings (SSSR count). The minimum Gasteiger partial charge on any atom is -0.497 e. The molecule has 2 aromatic rings. The van der Waals surface area contributed by atoms with E-state index in [0.717, 1.165) is 0 Å². The van der Waals surface area contributed by atoms with E-state index in [1.807, 2.05) is 0 Å². The van der Waals surface area contributed by atoms with Crippen molar-refractivity contribution < 1.29 is 28.6 Å². The second-order valence-corrected chi connectivity index (χ2v) is 6.67. The lowest BCUT2D eigenvalue weighted by atomic mass is 10.0. The molecule has 2 aromatic carbocycles. The predicted molar refractivity (Wildman–Crippen MR) is 113 cm³/mol. The first-order valence-electron chi connectivity index (χ1n) is 9.63. The van der Waals surface area contributed by atoms with Gasteiger partial charge in [0, 0.05) is 24.6 Å². The molecule has 6 nitrogen and oxygen atoms in total. The third kappa shape index (κ3) is 7.24. The number of nitrogens with one attached hydrogen (secondary N) is 1. The number of rotatable bonds is 11. The van der Waals surface area contributed by atoms with Crippen LogP contribution in [0.3, 0.4) is 0 Å². The number of hydrogen-bond donors (Lipinski definition) is 2. The zero-order valence-corrected chi connectivity index (χ0v) is 17.1. The average molecular weight is 415 g/mol. The van der Waals surface area contributed by atoms with Crippen molar-refractivity contribution in [1.29, 1.82) is 0 Å². The monoisotopic (exact) mass is 415 g/mol. The SMILES string of the molecule is COc1cc(/C=C(\C(=O)NCCCCCC(=O)O)c2ccc(F)cc2)cc(OC)c1. The van der Waals surface area contributed by atoms with E-state index in [1.54, 1.807) is 50.6 Å². The molecule has 0 aliphatic rings. The Morgan fingerprint density at radius 1 is 1.00 bits per heavy atom. The second kappa shape index (κ2) is 11.6. The van der Waals surface area contributed by atoms with Crippen molar-refractivity contribution in [2.24, 2.45) is 0 Å². The number of carbonyl (C=O) groups excluding carboxylic acids is 1. The van der Waals surface area contributed by atoms with Gasteiger partial charge in [-0.3, -0.25) is 9.59 Å². The van der Waals surface area contributed by atoms with Gasteiger partial charge in [-0.1, -0.05) is 18.6 Å². The van der Waals surface area contributed by atoms with Crippen LogP contribution < -0.4 is 14.8 Å². The average Bonchev–Trinajstić information content (AvgIpc) is 2.74. The van der Waals surface area contributed by atoms with Crippen molar-refractivity contribution in [2.45, 2.75) is 25.7 Å². The Bertz CT molecular complexity index is 871. The molecular formula is C23H26FNO5. The van der Waals surface area contributed by atoms with Gasteiger partial charge in [-0.05, 0) is 54.3 Å². The molecule has 0 aromatic heterocycles. The lowest BCUT2D eigenvalue weighted by Crippen LogP contribution is -2.25. The lowest BCUT2D eigenvalue weighted by Gasteiger charge is -2.11. The molecule has 0 bridgehead atoms. The summed E-state index contributed by atoms with van der Waals surface area (Å²) < 4.78 is 23.9. The van der Waals surface area contributed by atoms with Crippen LogP contribution in [0.5, 0.6) is 11.5 Å². The van der Waals surface area contributed by atoms with Crippen LogP contribution in [0.15, 0.2) is 42.5 Å². The van der Waals surface area contributed by atoms with Crippen LogP contribution in [0.1, 0.15) is 36.8 Å². The van der Waals surface area contributed by atoms with Gasteiger partial charge in [0.1, 0.15) is 17.3 Å². The van der Waals surface area contributed by atoms with Crippen LogP contribution in [-0.4, -0.2) is 37.7 Å². The topological polar surface area (TPSA) is 84.9 Å². The molecule has 0 spiro atoms. The molecule has 0 radical (unpaired) electrons. The van der Waals surface area contributed by atoms with Crippen molar-refractivity contribution in [3.05, 3.63) is 59.4 Å². The highest BCUT2D eigenvalue weighted by Gasteiger charge is 2.13. The first-order chi connectivity index (χ1) is 14.4. The Morgan fingerprint density at radius 3 is 2.20 bits per heavy atom. The summed E-state index contributed by atoms with van der Waals surface area (Å²) >= 11 is 0. The van der Waals surface area contributed by atoms with Gasteiger partial charge < -0.3 is 19.9 Å². The minimum atomic E-state index is -0.825. The Labute approximate surface area is 175 Å². The smallest absolute Gasteiger partial charge is 0.303 e. The zero-order valence-electron chi connectivity index (χ0n) is 17.1. The third-order valence-corrected chi connectivity index (χ3v) is 4.44. The third-order valence-electron chi connectivity index (χ3n) is 4.44. The summed E-state index contributed by atoms with van der Waals surface area (Å²) in [5.41, 5.74) is 1.64. The van der Waals surface area contributed by atoms with Crippen LogP contribution in [-0.2, 0) is 9.59 Å². The second-order valence-electron chi connectivity index (χ2n) is 6.67. The lowest BCUT2D eigenvalue weighted by molar-refractivity contribution is -0.137. The number of amides is 1. The molecule has 1 amide bonds. The molecule has 0 aliphatic carbocycles. The van der Waals surface area contributed by atoms with Crippen LogP contribution in [0.4, 0.5) is 4.39 Å². The van der Waals surface area contributed by atoms with Gasteiger partial charge in [0.05, 0.1) is 14.2 Å². The van der Waals surface area contributed by atoms with E-state index in [-0.39, 0.29) is 18.1 Å². The number of unbranched alkanes of at least 4 members (excludes halogenated alkanes) is 2. The molecule has 30 heavy (non-hydrogen) atoms. The number of hydrogen-bond acceptors (Lipinski definition) is 4. The van der Waals surface area contributed by atoms with Crippen LogP contribution in [0.25, 0.3) is 11.6 Å². The minimum absolute atomic E-state index is 0.117. The van der Waals surface area contributed by atoms with Gasteiger partial charge in [-0.15, -0.1) is 0 Å². The molecule has 0 saturated carbocycles. The van der Waals surface area contributed by atoms with Gasteiger partial charge in [0.15, 0.2) is 0 Å². The molecule has 0 saturated heterocycles. The van der Waals surface area contributed by atoms with Crippen molar-refractivity contribution in [3.8, 4) is 11.5 Å². The number of carboxylic acid groups (broad SMARTS) is 1. The standard InChI is InChI=1S/C23H26FNO5/c1-29-19-12-16(13-20(15-19)30-2)14-21(17-7-9-18(24)10-8-17)23(28)25-11-5-3-4-6-22(26)27/h7-10,12-15H,3-6,11H2,1-2H3,(H,25,28)(H,26,27)/b21-14-. The van der Waals surface area contributed by atoms with Gasteiger partial charge in [-0.2, -0.15) is 0 Å². The zero-order chi connectivity index (χ0) is 21.9. The summed E-state index contributed by atoms with van der Waals surface area (Å²) in [4.78, 5) is 23.4. The van der Waals surface area contributed by atoms with E-state index in [4.69, 9.17) is 14.6 Å². The van der Waals surface area contributed by atoms with Gasteiger partial charge in [0.25, 0.3) is 5.91 Å². The molecule has 0 fully saturated rings. The summed E-state index contributed by atoms with van der Waals surface area (Å²) in [6, 6.07) is 11.0. The molecule has 0 unspecified atom stereocenters. The van der Waals surface area contributed by atoms with Gasteiger partial charge in [0.2, 0.25) is 0 Å². The van der Waals surface area contributed by atoms with Crippen molar-refractivity contribution in [3.63, 3.8) is 0 Å². The fourth-order valence-corrected chi connectivity index (χ4v) is 2.86. The largest absolute Gasteiger partial charge is 0.497 e. The van der Waals surface area contributed by atoms with Crippen LogP contribution in [0.2, 0.25) is 0 Å². The number of aliphatic carboxylic acids is 1. The van der Waals surface area contributed by atoms with E-state index < -0.39 is 5.97 Å². The summed E-state index contributed by atoms with van der Waals surface area (Å²) in [5, 5.41) is 11.5. The molecular weight excluding hydrogens is 389 g/mol. The first-order valence-corrected chi connectivity index (χ1v) is 9.63. The van der Waals surface area contributed by atoms with Gasteiger partial charge in [-0.25, -0.2) is 4.39 Å². The van der Waals surface area contributed by atoms with E-state index in [1.165, 1.54) is 12.1 Å². The Hall–Kier alpha value is -3.35. The molecule has 160 valence electrons. The highest BCUT2D eigenvalue weighted by Crippen LogP contribution is 2.26. The predicted octanol–water partition coefficient (Wildman–Crippen LogP) is 4.14. The number of methoxy groups -OCH3 is 2. The number of carbonyl (C=O) groups is 2. The highest BCUT2D eigenvalue weighted by atomic mass is 19.1. The summed E-state index contributed by atoms with van der Waals surface area (Å²) in [5.74, 6) is -0.355. The molecule has 0 atom stereocenters. The number of halogens is 1. The number of carboxylic acids is 1. The van der Waals surface area contributed by atoms with E-state index in [9.17, 15) is 14.0 Å². The van der Waals surface area contributed by atoms with E-state index >= 15 is 0 Å². The van der Waals surface area contributed by atoms with Gasteiger partial charge >= 0.3 is 5.97 Å². The fourth-order valence-electron chi connectivity index (χ4n) is 2.86. The Balaban J connectivity index is 2.21. The first kappa shape index (κ1) is 22.9. The molecule has 0 aliphatic heterocycles. The maximum atomic E-state index is 13.4.